The summed E-state index contributed by atoms with van der Waals surface area (Å²) >= 11 is 1.60. The number of aromatic nitrogens is 6. The van der Waals surface area contributed by atoms with Crippen LogP contribution in [0.5, 0.6) is 5.75 Å². The SMILES string of the molecule is Cc1ncsc1-c1ccc([C@H](C)NC(=O)[C@@H]2C[C@@H](O)CN2C(=O)[C@@H](c2cc(N3CCC(CN4CCC(O[C@H]5C[C@H](n6ccc(CN7C8CCC7CN(c7cc(-c9ccccc9O)nnc7N)C8)n6)C5)CC4)CC3)no2)C(C)C)cc1. The van der Waals surface area contributed by atoms with Crippen molar-refractivity contribution in [1.82, 2.24) is 50.1 Å². The molecule has 2 unspecified atom stereocenters. The molecule has 20 heteroatoms. The van der Waals surface area contributed by atoms with Crippen LogP contribution in [0.2, 0.25) is 0 Å². The van der Waals surface area contributed by atoms with Crippen molar-refractivity contribution in [1.29, 1.82) is 0 Å². The number of nitrogens with one attached hydrogen (secondary N) is 1. The number of aromatic hydroxyl groups is 1. The van der Waals surface area contributed by atoms with Crippen LogP contribution < -0.4 is 20.9 Å². The predicted molar refractivity (Wildman–Crippen MR) is 307 cm³/mol. The molecule has 6 aliphatic rings. The van der Waals surface area contributed by atoms with Gasteiger partial charge in [0, 0.05) is 95.2 Å². The number of benzene rings is 2. The lowest BCUT2D eigenvalue weighted by atomic mass is 9.89. The molecule has 4 aromatic heterocycles. The van der Waals surface area contributed by atoms with E-state index < -0.39 is 18.1 Å². The number of likely N-dealkylation sites (tertiary alicyclic amines) is 2. The molecular formula is C60H77N13O6S. The number of aliphatic hydroxyl groups is 1. The number of ether oxygens (including phenoxy) is 1. The van der Waals surface area contributed by atoms with Crippen molar-refractivity contribution in [2.75, 3.05) is 67.9 Å². The van der Waals surface area contributed by atoms with Crippen molar-refractivity contribution >= 4 is 40.5 Å². The number of phenols is 1. The third-order valence-electron chi connectivity index (χ3n) is 18.2. The molecule has 2 bridgehead atoms. The number of nitrogen functional groups attached to an aromatic ring is 1. The number of aryl methyl sites for hydroxylation is 1. The maximum atomic E-state index is 14.4. The molecular weight excluding hydrogens is 1030 g/mol. The van der Waals surface area contributed by atoms with Crippen molar-refractivity contribution < 1.29 is 29.1 Å². The van der Waals surface area contributed by atoms with Gasteiger partial charge in [-0.15, -0.1) is 21.5 Å². The molecule has 424 valence electrons. The summed E-state index contributed by atoms with van der Waals surface area (Å²) in [6.45, 7) is 15.5. The Labute approximate surface area is 472 Å². The van der Waals surface area contributed by atoms with Crippen LogP contribution in [-0.4, -0.2) is 156 Å². The van der Waals surface area contributed by atoms with E-state index in [0.29, 0.717) is 53.0 Å². The first-order valence-corrected chi connectivity index (χ1v) is 30.0. The van der Waals surface area contributed by atoms with Gasteiger partial charge in [-0.25, -0.2) is 4.98 Å². The van der Waals surface area contributed by atoms with Gasteiger partial charge < -0.3 is 50.1 Å². The minimum Gasteiger partial charge on any atom is -0.507 e. The molecule has 5 N–H and O–H groups in total. The summed E-state index contributed by atoms with van der Waals surface area (Å²) in [5, 5.41) is 42.5. The Balaban J connectivity index is 0.560. The summed E-state index contributed by atoms with van der Waals surface area (Å²) in [7, 11) is 0. The van der Waals surface area contributed by atoms with Crippen molar-refractivity contribution in [3.8, 4) is 27.4 Å². The average molecular weight is 1110 g/mol. The number of phenolic OH excluding ortho intramolecular Hbond substituents is 1. The molecule has 80 heavy (non-hydrogen) atoms. The Bertz CT molecular complexity index is 3090. The highest BCUT2D eigenvalue weighted by Gasteiger charge is 2.45. The van der Waals surface area contributed by atoms with Gasteiger partial charge in [0.15, 0.2) is 17.4 Å². The van der Waals surface area contributed by atoms with Gasteiger partial charge in [0.2, 0.25) is 11.8 Å². The number of aliphatic hydroxyl groups excluding tert-OH is 1. The lowest BCUT2D eigenvalue weighted by molar-refractivity contribution is -0.141. The zero-order chi connectivity index (χ0) is 55.2. The van der Waals surface area contributed by atoms with Crippen LogP contribution in [0.25, 0.3) is 21.7 Å². The smallest absolute Gasteiger partial charge is 0.243 e. The Morgan fingerprint density at radius 1 is 0.863 bits per heavy atom. The lowest BCUT2D eigenvalue weighted by Gasteiger charge is -2.42. The molecule has 12 rings (SSSR count). The highest BCUT2D eigenvalue weighted by molar-refractivity contribution is 7.13. The molecule has 0 radical (unpaired) electrons. The molecule has 6 aromatic rings. The number of piperidine rings is 2. The number of hydrogen-bond acceptors (Lipinski definition) is 17. The second kappa shape index (κ2) is 23.2. The molecule has 1 aliphatic carbocycles. The van der Waals surface area contributed by atoms with Crippen molar-refractivity contribution in [2.45, 2.75) is 146 Å². The normalized spacial score (nSPS) is 24.9. The fourth-order valence-corrected chi connectivity index (χ4v) is 14.3. The summed E-state index contributed by atoms with van der Waals surface area (Å²) in [5.41, 5.74) is 14.5. The number of nitrogens with two attached hydrogens (primary N) is 1. The Hall–Kier alpha value is -6.45. The Morgan fingerprint density at radius 3 is 2.33 bits per heavy atom. The van der Waals surface area contributed by atoms with Gasteiger partial charge >= 0.3 is 0 Å². The minimum atomic E-state index is -0.799. The first-order valence-electron chi connectivity index (χ1n) is 29.1. The van der Waals surface area contributed by atoms with E-state index in [2.05, 4.69) is 62.2 Å². The number of carbonyl (C=O) groups is 2. The van der Waals surface area contributed by atoms with Crippen LogP contribution in [0.15, 0.2) is 83.0 Å². The standard InChI is InChI=1S/C60H77N13O6S/c1-36(2)56(60(77)72-34-46(74)27-52(72)59(76)63-37(3)40-9-11-41(12-10-40)57-38(4)62-35-80-57)54-29-55(67-79-54)69-22-15-39(16-23-69)30-68-20-18-47(19-21-68)78-48-25-45(26-48)73-24-17-42(66-73)31-71-43-13-14-44(71)33-70(32-43)51-28-50(64-65-58(51)61)49-7-5-6-8-53(49)75/h5-12,17,24,28-29,35-37,39,43-48,52,56,74-75H,13-16,18-23,25-27,30-34H2,1-4H3,(H2,61,65)(H,63,76)/t37-,43?,44?,45-,46+,48-,52-,56+/m0/s1. The number of thiazole rings is 1. The molecule has 5 aliphatic heterocycles. The number of anilines is 3. The zero-order valence-corrected chi connectivity index (χ0v) is 47.3. The molecule has 6 atom stereocenters. The molecule has 1 saturated carbocycles. The number of β-amino-alcohol motifs (C(OH)–C–C–N with tert-alkyl or cyclic N) is 1. The number of rotatable bonds is 17. The molecule has 9 heterocycles. The van der Waals surface area contributed by atoms with Crippen LogP contribution in [0.1, 0.15) is 119 Å². The number of hydrogen-bond donors (Lipinski definition) is 4. The fraction of sp³-hybridized carbons (Fsp3) is 0.550. The number of piperazine rings is 1. The van der Waals surface area contributed by atoms with E-state index >= 15 is 0 Å². The first kappa shape index (κ1) is 54.2. The number of para-hydroxylation sites is 1. The van der Waals surface area contributed by atoms with Crippen LogP contribution in [0, 0.1) is 18.8 Å². The molecule has 2 amide bonds. The summed E-state index contributed by atoms with van der Waals surface area (Å²) in [6, 6.07) is 21.5. The number of carbonyl (C=O) groups excluding carboxylic acids is 2. The minimum absolute atomic E-state index is 0.0885. The zero-order valence-electron chi connectivity index (χ0n) is 46.5. The van der Waals surface area contributed by atoms with Gasteiger partial charge in [0.1, 0.15) is 17.7 Å². The third-order valence-corrected chi connectivity index (χ3v) is 19.2. The Morgan fingerprint density at radius 2 is 1.61 bits per heavy atom. The van der Waals surface area contributed by atoms with E-state index in [1.54, 1.807) is 28.4 Å². The summed E-state index contributed by atoms with van der Waals surface area (Å²) in [5.74, 6) is 1.14. The van der Waals surface area contributed by atoms with Gasteiger partial charge in [-0.2, -0.15) is 5.10 Å². The molecule has 5 saturated heterocycles. The summed E-state index contributed by atoms with van der Waals surface area (Å²) in [6.07, 6.45) is 10.6. The van der Waals surface area contributed by atoms with E-state index in [4.69, 9.17) is 20.1 Å². The van der Waals surface area contributed by atoms with Crippen LogP contribution in [0.4, 0.5) is 17.3 Å². The first-order chi connectivity index (χ1) is 38.8. The summed E-state index contributed by atoms with van der Waals surface area (Å²) < 4.78 is 14.8. The van der Waals surface area contributed by atoms with Gasteiger partial charge in [0.05, 0.1) is 63.6 Å². The van der Waals surface area contributed by atoms with Crippen LogP contribution in [0.3, 0.4) is 0 Å². The van der Waals surface area contributed by atoms with E-state index in [0.717, 1.165) is 143 Å². The lowest BCUT2D eigenvalue weighted by Crippen LogP contribution is -2.53. The van der Waals surface area contributed by atoms with Crippen molar-refractivity contribution in [3.63, 3.8) is 0 Å². The topological polar surface area (TPSA) is 221 Å². The van der Waals surface area contributed by atoms with Gasteiger partial charge in [-0.3, -0.25) is 19.2 Å². The highest BCUT2D eigenvalue weighted by atomic mass is 32.1. The molecule has 2 aromatic carbocycles. The maximum Gasteiger partial charge on any atom is 0.243 e. The van der Waals surface area contributed by atoms with E-state index in [-0.39, 0.29) is 48.6 Å². The number of nitrogens with zero attached hydrogens (tertiary/aromatic N) is 11. The van der Waals surface area contributed by atoms with Crippen LogP contribution in [-0.2, 0) is 20.9 Å². The maximum absolute atomic E-state index is 14.4. The quantitative estimate of drug-likeness (QED) is 0.0691. The number of fused-ring (bicyclic) bond motifs is 2. The average Bonchev–Trinajstić information content (AvgIpc) is 4.33. The summed E-state index contributed by atoms with van der Waals surface area (Å²) in [4.78, 5) is 45.1. The second-order valence-electron chi connectivity index (χ2n) is 23.9. The van der Waals surface area contributed by atoms with E-state index in [9.17, 15) is 19.8 Å². The monoisotopic (exact) mass is 1110 g/mol. The molecule has 19 nitrogen and oxygen atoms in total. The molecule has 0 spiro atoms. The highest BCUT2D eigenvalue weighted by Crippen LogP contribution is 2.40. The fourth-order valence-electron chi connectivity index (χ4n) is 13.5. The van der Waals surface area contributed by atoms with Gasteiger partial charge in [0.25, 0.3) is 0 Å². The molecule has 6 fully saturated rings. The van der Waals surface area contributed by atoms with Gasteiger partial charge in [-0.05, 0) is 112 Å². The van der Waals surface area contributed by atoms with Crippen molar-refractivity contribution in [2.24, 2.45) is 11.8 Å². The van der Waals surface area contributed by atoms with E-state index in [1.807, 2.05) is 81.7 Å². The Kier molecular flexibility index (Phi) is 15.7. The second-order valence-corrected chi connectivity index (χ2v) is 24.8. The van der Waals surface area contributed by atoms with Gasteiger partial charge in [-0.1, -0.05) is 55.4 Å². The van der Waals surface area contributed by atoms with E-state index in [1.165, 1.54) is 0 Å². The third kappa shape index (κ3) is 11.4. The van der Waals surface area contributed by atoms with Crippen molar-refractivity contribution in [3.05, 3.63) is 101 Å². The largest absolute Gasteiger partial charge is 0.507 e. The van der Waals surface area contributed by atoms with Crippen LogP contribution >= 0.6 is 11.3 Å². The predicted octanol–water partition coefficient (Wildman–Crippen LogP) is 7.58. The number of amides is 2.